The number of carbonyl (C=O) groups excluding carboxylic acids is 1. The first-order valence-corrected chi connectivity index (χ1v) is 7.99. The van der Waals surface area contributed by atoms with Crippen LogP contribution >= 0.6 is 0 Å². The van der Waals surface area contributed by atoms with Crippen molar-refractivity contribution >= 4 is 15.8 Å². The highest BCUT2D eigenvalue weighted by Gasteiger charge is 2.53. The van der Waals surface area contributed by atoms with Crippen molar-refractivity contribution in [2.24, 2.45) is 0 Å². The minimum absolute atomic E-state index is 0.176. The molecule has 1 aromatic rings. The lowest BCUT2D eigenvalue weighted by Gasteiger charge is -2.37. The van der Waals surface area contributed by atoms with Crippen LogP contribution in [-0.2, 0) is 19.4 Å². The maximum atomic E-state index is 12.9. The molecule has 2 rings (SSSR count). The number of hydrogen-bond acceptors (Lipinski definition) is 5. The highest BCUT2D eigenvalue weighted by Crippen LogP contribution is 2.36. The summed E-state index contributed by atoms with van der Waals surface area (Å²) in [5, 5.41) is 0. The molecule has 1 aliphatic rings. The molecule has 1 heterocycles. The first-order valence-electron chi connectivity index (χ1n) is 6.51. The Morgan fingerprint density at radius 2 is 1.75 bits per heavy atom. The Hall–Kier alpha value is -1.40. The average Bonchev–Trinajstić information content (AvgIpc) is 2.48. The van der Waals surface area contributed by atoms with Gasteiger partial charge in [-0.3, -0.25) is 4.79 Å². The zero-order chi connectivity index (χ0) is 14.8. The van der Waals surface area contributed by atoms with Gasteiger partial charge in [0.2, 0.25) is 0 Å². The van der Waals surface area contributed by atoms with E-state index in [1.165, 1.54) is 19.2 Å². The highest BCUT2D eigenvalue weighted by atomic mass is 32.2. The Kier molecular flexibility index (Phi) is 4.15. The number of benzene rings is 1. The molecule has 0 unspecified atom stereocenters. The Bertz CT molecular complexity index is 574. The van der Waals surface area contributed by atoms with E-state index in [1.54, 1.807) is 18.2 Å². The molecule has 1 aromatic carbocycles. The Labute approximate surface area is 119 Å². The molecular formula is C14H19NO4S. The number of likely N-dealkylation sites (tertiary alicyclic amines) is 1. The molecule has 0 N–H and O–H groups in total. The summed E-state index contributed by atoms with van der Waals surface area (Å²) in [6, 6.07) is 8.12. The number of rotatable bonds is 3. The zero-order valence-electron chi connectivity index (χ0n) is 11.7. The molecule has 110 valence electrons. The van der Waals surface area contributed by atoms with Gasteiger partial charge in [-0.2, -0.15) is 0 Å². The molecule has 0 atom stereocenters. The number of nitrogens with zero attached hydrogens (tertiary/aromatic N) is 1. The number of carbonyl (C=O) groups is 1. The lowest BCUT2D eigenvalue weighted by molar-refractivity contribution is -0.145. The van der Waals surface area contributed by atoms with Gasteiger partial charge in [0.15, 0.2) is 14.6 Å². The summed E-state index contributed by atoms with van der Waals surface area (Å²) in [4.78, 5) is 14.4. The van der Waals surface area contributed by atoms with Crippen LogP contribution in [0, 0.1) is 0 Å². The summed E-state index contributed by atoms with van der Waals surface area (Å²) >= 11 is 0. The lowest BCUT2D eigenvalue weighted by Crippen LogP contribution is -2.54. The van der Waals surface area contributed by atoms with Gasteiger partial charge in [-0.25, -0.2) is 8.42 Å². The molecule has 1 aliphatic heterocycles. The SMILES string of the molecule is COC(=O)C1(S(=O)(=O)c2ccccc2)CCN(C)CC1. The monoisotopic (exact) mass is 297 g/mol. The first-order chi connectivity index (χ1) is 9.44. The predicted molar refractivity (Wildman–Crippen MR) is 75.1 cm³/mol. The van der Waals surface area contributed by atoms with E-state index in [9.17, 15) is 13.2 Å². The van der Waals surface area contributed by atoms with Crippen molar-refractivity contribution in [3.63, 3.8) is 0 Å². The molecule has 0 amide bonds. The van der Waals surface area contributed by atoms with E-state index in [0.717, 1.165) is 0 Å². The number of esters is 1. The van der Waals surface area contributed by atoms with Crippen molar-refractivity contribution in [3.05, 3.63) is 30.3 Å². The second-order valence-electron chi connectivity index (χ2n) is 5.11. The van der Waals surface area contributed by atoms with E-state index < -0.39 is 20.6 Å². The number of sulfone groups is 1. The van der Waals surface area contributed by atoms with Crippen molar-refractivity contribution in [2.75, 3.05) is 27.2 Å². The second kappa shape index (κ2) is 5.54. The van der Waals surface area contributed by atoms with Gasteiger partial charge >= 0.3 is 5.97 Å². The van der Waals surface area contributed by atoms with E-state index >= 15 is 0 Å². The average molecular weight is 297 g/mol. The standard InChI is InChI=1S/C14H19NO4S/c1-15-10-8-14(9-11-15,13(16)19-2)20(17,18)12-6-4-3-5-7-12/h3-7H,8-11H2,1-2H3. The van der Waals surface area contributed by atoms with Crippen LogP contribution in [0.3, 0.4) is 0 Å². The Morgan fingerprint density at radius 3 is 2.25 bits per heavy atom. The van der Waals surface area contributed by atoms with E-state index in [1.807, 2.05) is 11.9 Å². The van der Waals surface area contributed by atoms with Gasteiger partial charge in [0.25, 0.3) is 0 Å². The van der Waals surface area contributed by atoms with Gasteiger partial charge in [-0.15, -0.1) is 0 Å². The van der Waals surface area contributed by atoms with Crippen LogP contribution in [0.1, 0.15) is 12.8 Å². The molecule has 0 spiro atoms. The fraction of sp³-hybridized carbons (Fsp3) is 0.500. The van der Waals surface area contributed by atoms with Crippen molar-refractivity contribution < 1.29 is 17.9 Å². The summed E-state index contributed by atoms with van der Waals surface area (Å²) < 4.78 is 29.1. The third-order valence-corrected chi connectivity index (χ3v) is 6.42. The molecule has 1 fully saturated rings. The van der Waals surface area contributed by atoms with Crippen LogP contribution in [0.25, 0.3) is 0 Å². The Balaban J connectivity index is 2.50. The van der Waals surface area contributed by atoms with Crippen LogP contribution in [0.2, 0.25) is 0 Å². The first kappa shape index (κ1) is 15.0. The van der Waals surface area contributed by atoms with Gasteiger partial charge in [0.05, 0.1) is 12.0 Å². The Morgan fingerprint density at radius 1 is 1.20 bits per heavy atom. The van der Waals surface area contributed by atoms with Crippen molar-refractivity contribution in [3.8, 4) is 0 Å². The molecule has 1 saturated heterocycles. The van der Waals surface area contributed by atoms with E-state index in [0.29, 0.717) is 13.1 Å². The smallest absolute Gasteiger partial charge is 0.327 e. The number of ether oxygens (including phenoxy) is 1. The lowest BCUT2D eigenvalue weighted by atomic mass is 9.96. The van der Waals surface area contributed by atoms with Crippen molar-refractivity contribution in [2.45, 2.75) is 22.5 Å². The quantitative estimate of drug-likeness (QED) is 0.782. The fourth-order valence-corrected chi connectivity index (χ4v) is 4.56. The van der Waals surface area contributed by atoms with Crippen LogP contribution in [0.15, 0.2) is 35.2 Å². The highest BCUT2D eigenvalue weighted by molar-refractivity contribution is 7.93. The molecule has 20 heavy (non-hydrogen) atoms. The van der Waals surface area contributed by atoms with Crippen LogP contribution in [0.4, 0.5) is 0 Å². The molecule has 0 saturated carbocycles. The minimum atomic E-state index is -3.76. The van der Waals surface area contributed by atoms with Gasteiger partial charge in [-0.1, -0.05) is 18.2 Å². The maximum Gasteiger partial charge on any atom is 0.327 e. The largest absolute Gasteiger partial charge is 0.468 e. The van der Waals surface area contributed by atoms with Gasteiger partial charge < -0.3 is 9.64 Å². The summed E-state index contributed by atoms with van der Waals surface area (Å²) in [5.74, 6) is -0.658. The second-order valence-corrected chi connectivity index (χ2v) is 7.37. The molecular weight excluding hydrogens is 278 g/mol. The summed E-state index contributed by atoms with van der Waals surface area (Å²) in [6.07, 6.45) is 0.515. The summed E-state index contributed by atoms with van der Waals surface area (Å²) in [5.41, 5.74) is 0. The third kappa shape index (κ3) is 2.33. The molecule has 6 heteroatoms. The van der Waals surface area contributed by atoms with Gasteiger partial charge in [0, 0.05) is 0 Å². The summed E-state index contributed by atoms with van der Waals surface area (Å²) in [6.45, 7) is 1.11. The molecule has 0 bridgehead atoms. The normalized spacial score (nSPS) is 19.5. The van der Waals surface area contributed by atoms with E-state index in [-0.39, 0.29) is 17.7 Å². The topological polar surface area (TPSA) is 63.7 Å². The van der Waals surface area contributed by atoms with Crippen molar-refractivity contribution in [1.82, 2.24) is 4.90 Å². The van der Waals surface area contributed by atoms with Crippen LogP contribution < -0.4 is 0 Å². The zero-order valence-corrected chi connectivity index (χ0v) is 12.5. The molecule has 0 radical (unpaired) electrons. The minimum Gasteiger partial charge on any atom is -0.468 e. The van der Waals surface area contributed by atoms with E-state index in [2.05, 4.69) is 0 Å². The number of hydrogen-bond donors (Lipinski definition) is 0. The predicted octanol–water partition coefficient (Wildman–Crippen LogP) is 1.10. The van der Waals surface area contributed by atoms with E-state index in [4.69, 9.17) is 4.74 Å². The third-order valence-electron chi connectivity index (χ3n) is 3.92. The number of methoxy groups -OCH3 is 1. The molecule has 0 aliphatic carbocycles. The van der Waals surface area contributed by atoms with Gasteiger partial charge in [-0.05, 0) is 45.1 Å². The van der Waals surface area contributed by atoms with Crippen molar-refractivity contribution in [1.29, 1.82) is 0 Å². The van der Waals surface area contributed by atoms with Crippen LogP contribution in [0.5, 0.6) is 0 Å². The van der Waals surface area contributed by atoms with Crippen LogP contribution in [-0.4, -0.2) is 51.3 Å². The fourth-order valence-electron chi connectivity index (χ4n) is 2.57. The molecule has 0 aromatic heterocycles. The summed E-state index contributed by atoms with van der Waals surface area (Å²) in [7, 11) is -0.608. The molecule has 5 nitrogen and oxygen atoms in total. The number of piperidine rings is 1. The van der Waals surface area contributed by atoms with Gasteiger partial charge in [0.1, 0.15) is 0 Å². The maximum absolute atomic E-state index is 12.9.